The Bertz CT molecular complexity index is 1050. The first-order chi connectivity index (χ1) is 18.4. The number of halogens is 1. The molecule has 39 heavy (non-hydrogen) atoms. The second kappa shape index (κ2) is 12.6. The Labute approximate surface area is 239 Å². The first-order valence-electron chi connectivity index (χ1n) is 14.7. The van der Waals surface area contributed by atoms with Crippen LogP contribution in [-0.2, 0) is 27.3 Å². The summed E-state index contributed by atoms with van der Waals surface area (Å²) in [6.07, 6.45) is 5.80. The van der Waals surface area contributed by atoms with Crippen LogP contribution >= 0.6 is 11.6 Å². The monoisotopic (exact) mass is 559 g/mol. The Morgan fingerprint density at radius 3 is 2.21 bits per heavy atom. The molecule has 2 saturated heterocycles. The van der Waals surface area contributed by atoms with Crippen LogP contribution < -0.4 is 0 Å². The minimum Gasteiger partial charge on any atom is -0.444 e. The number of rotatable bonds is 6. The zero-order chi connectivity index (χ0) is 28.3. The lowest BCUT2D eigenvalue weighted by atomic mass is 9.87. The highest BCUT2D eigenvalue weighted by Crippen LogP contribution is 2.30. The summed E-state index contributed by atoms with van der Waals surface area (Å²) in [5.74, 6) is 0.717. The molecule has 8 heteroatoms. The van der Waals surface area contributed by atoms with Crippen LogP contribution in [0.5, 0.6) is 0 Å². The third-order valence-electron chi connectivity index (χ3n) is 8.65. The molecule has 4 rings (SSSR count). The molecular weight excluding hydrogens is 514 g/mol. The molecule has 2 amide bonds. The first kappa shape index (κ1) is 29.9. The van der Waals surface area contributed by atoms with Gasteiger partial charge in [0.1, 0.15) is 11.4 Å². The van der Waals surface area contributed by atoms with Crippen LogP contribution in [0.3, 0.4) is 0 Å². The fourth-order valence-electron chi connectivity index (χ4n) is 6.34. The number of carbonyl (C=O) groups excluding carboxylic acids is 3. The molecule has 0 unspecified atom stereocenters. The van der Waals surface area contributed by atoms with E-state index >= 15 is 0 Å². The number of likely N-dealkylation sites (tertiary alicyclic amines) is 1. The molecular formula is C31H46ClN3O4. The second-order valence-electron chi connectivity index (χ2n) is 12.8. The number of hydrogen-bond acceptors (Lipinski definition) is 5. The molecule has 0 radical (unpaired) electrons. The van der Waals surface area contributed by atoms with Gasteiger partial charge in [-0.1, -0.05) is 24.4 Å². The van der Waals surface area contributed by atoms with Crippen molar-refractivity contribution in [3.63, 3.8) is 0 Å². The van der Waals surface area contributed by atoms with Gasteiger partial charge in [0.25, 0.3) is 0 Å². The fraction of sp³-hybridized carbons (Fsp3) is 0.710. The standard InChI is InChI=1S/C31H46ClN3O4/c1-21-19-33(14-15-35(21)29(37)24-8-6-7-9-24)20-26-17-27(32)16-25(22(26)2)18-28(36)23-10-12-34(13-11-23)30(38)39-31(3,4)5/h16-17,21,23-24H,6-15,18-20H2,1-5H3/t21-/m0/s1. The SMILES string of the molecule is Cc1c(CC(=O)C2CCN(C(=O)OC(C)(C)C)CC2)cc(Cl)cc1CN1CCN(C(=O)C2CCCC2)[C@@H](C)C1. The molecule has 0 spiro atoms. The van der Waals surface area contributed by atoms with Crippen molar-refractivity contribution in [3.8, 4) is 0 Å². The van der Waals surface area contributed by atoms with E-state index in [2.05, 4.69) is 23.6 Å². The number of Topliss-reactive ketones (excluding diaryl/α,β-unsaturated/α-hetero) is 1. The number of piperidine rings is 1. The Balaban J connectivity index is 1.32. The van der Waals surface area contributed by atoms with E-state index in [4.69, 9.17) is 16.3 Å². The number of ketones is 1. The molecule has 0 bridgehead atoms. The number of hydrogen-bond donors (Lipinski definition) is 0. The van der Waals surface area contributed by atoms with Gasteiger partial charge in [-0.05, 0) is 89.1 Å². The van der Waals surface area contributed by atoms with Crippen LogP contribution in [0.1, 0.15) is 82.9 Å². The quantitative estimate of drug-likeness (QED) is 0.452. The fourth-order valence-corrected chi connectivity index (χ4v) is 6.60. The van der Waals surface area contributed by atoms with E-state index in [-0.39, 0.29) is 29.8 Å². The topological polar surface area (TPSA) is 70.2 Å². The molecule has 2 aliphatic heterocycles. The van der Waals surface area contributed by atoms with Gasteiger partial charge < -0.3 is 14.5 Å². The van der Waals surface area contributed by atoms with E-state index in [9.17, 15) is 14.4 Å². The molecule has 1 atom stereocenters. The molecule has 0 N–H and O–H groups in total. The average molecular weight is 560 g/mol. The maximum absolute atomic E-state index is 13.3. The molecule has 3 fully saturated rings. The van der Waals surface area contributed by atoms with Crippen LogP contribution in [0.4, 0.5) is 4.79 Å². The van der Waals surface area contributed by atoms with Gasteiger partial charge in [0.05, 0.1) is 0 Å². The van der Waals surface area contributed by atoms with Crippen molar-refractivity contribution in [1.29, 1.82) is 0 Å². The van der Waals surface area contributed by atoms with Crippen molar-refractivity contribution in [2.24, 2.45) is 11.8 Å². The summed E-state index contributed by atoms with van der Waals surface area (Å²) in [7, 11) is 0. The van der Waals surface area contributed by atoms with Crippen LogP contribution in [0, 0.1) is 18.8 Å². The third-order valence-corrected chi connectivity index (χ3v) is 8.87. The van der Waals surface area contributed by atoms with Crippen LogP contribution in [0.15, 0.2) is 12.1 Å². The lowest BCUT2D eigenvalue weighted by Gasteiger charge is -2.41. The third kappa shape index (κ3) is 7.75. The molecule has 1 aliphatic carbocycles. The number of nitrogens with zero attached hydrogens (tertiary/aromatic N) is 3. The lowest BCUT2D eigenvalue weighted by molar-refractivity contribution is -0.140. The van der Waals surface area contributed by atoms with E-state index in [0.717, 1.165) is 55.7 Å². The number of carbonyl (C=O) groups is 3. The highest BCUT2D eigenvalue weighted by molar-refractivity contribution is 6.30. The van der Waals surface area contributed by atoms with Gasteiger partial charge in [0.15, 0.2) is 0 Å². The lowest BCUT2D eigenvalue weighted by Crippen LogP contribution is -2.54. The molecule has 1 aromatic rings. The van der Waals surface area contributed by atoms with E-state index in [1.807, 2.05) is 32.9 Å². The summed E-state index contributed by atoms with van der Waals surface area (Å²) in [6, 6.07) is 4.14. The van der Waals surface area contributed by atoms with Crippen LogP contribution in [0.2, 0.25) is 5.02 Å². The minimum atomic E-state index is -0.524. The Hall–Kier alpha value is -2.12. The summed E-state index contributed by atoms with van der Waals surface area (Å²) >= 11 is 6.54. The Morgan fingerprint density at radius 1 is 0.949 bits per heavy atom. The number of benzene rings is 1. The van der Waals surface area contributed by atoms with E-state index in [1.165, 1.54) is 12.8 Å². The summed E-state index contributed by atoms with van der Waals surface area (Å²) in [5.41, 5.74) is 2.73. The Morgan fingerprint density at radius 2 is 1.59 bits per heavy atom. The van der Waals surface area contributed by atoms with Crippen molar-refractivity contribution in [2.75, 3.05) is 32.7 Å². The second-order valence-corrected chi connectivity index (χ2v) is 13.3. The van der Waals surface area contributed by atoms with Crippen molar-refractivity contribution in [3.05, 3.63) is 33.8 Å². The zero-order valence-corrected chi connectivity index (χ0v) is 25.2. The van der Waals surface area contributed by atoms with Crippen molar-refractivity contribution in [2.45, 2.75) is 97.8 Å². The molecule has 0 aromatic heterocycles. The number of amides is 2. The van der Waals surface area contributed by atoms with Crippen LogP contribution in [0.25, 0.3) is 0 Å². The van der Waals surface area contributed by atoms with Gasteiger partial charge in [-0.15, -0.1) is 0 Å². The molecule has 2 heterocycles. The van der Waals surface area contributed by atoms with Gasteiger partial charge in [0.2, 0.25) is 5.91 Å². The van der Waals surface area contributed by atoms with Gasteiger partial charge in [-0.2, -0.15) is 0 Å². The highest BCUT2D eigenvalue weighted by atomic mass is 35.5. The molecule has 216 valence electrons. The molecule has 1 saturated carbocycles. The summed E-state index contributed by atoms with van der Waals surface area (Å²) in [5, 5.41) is 0.654. The van der Waals surface area contributed by atoms with Gasteiger partial charge in [-0.3, -0.25) is 14.5 Å². The minimum absolute atomic E-state index is 0.0585. The van der Waals surface area contributed by atoms with E-state index in [0.29, 0.717) is 43.3 Å². The van der Waals surface area contributed by atoms with Crippen LogP contribution in [-0.4, -0.2) is 76.9 Å². The first-order valence-corrected chi connectivity index (χ1v) is 15.1. The maximum Gasteiger partial charge on any atom is 0.410 e. The van der Waals surface area contributed by atoms with Crippen molar-refractivity contribution < 1.29 is 19.1 Å². The van der Waals surface area contributed by atoms with E-state index < -0.39 is 5.60 Å². The highest BCUT2D eigenvalue weighted by Gasteiger charge is 2.34. The van der Waals surface area contributed by atoms with Crippen molar-refractivity contribution in [1.82, 2.24) is 14.7 Å². The van der Waals surface area contributed by atoms with Gasteiger partial charge in [-0.25, -0.2) is 4.79 Å². The molecule has 1 aromatic carbocycles. The zero-order valence-electron chi connectivity index (χ0n) is 24.4. The maximum atomic E-state index is 13.3. The smallest absolute Gasteiger partial charge is 0.410 e. The number of ether oxygens (including phenoxy) is 1. The van der Waals surface area contributed by atoms with E-state index in [1.54, 1.807) is 4.90 Å². The number of piperazine rings is 1. The van der Waals surface area contributed by atoms with Gasteiger partial charge in [0, 0.05) is 68.6 Å². The largest absolute Gasteiger partial charge is 0.444 e. The summed E-state index contributed by atoms with van der Waals surface area (Å²) in [4.78, 5) is 44.8. The Kier molecular flexibility index (Phi) is 9.64. The normalized spacial score (nSPS) is 21.8. The predicted molar refractivity (Wildman–Crippen MR) is 154 cm³/mol. The van der Waals surface area contributed by atoms with Gasteiger partial charge >= 0.3 is 6.09 Å². The summed E-state index contributed by atoms with van der Waals surface area (Å²) in [6.45, 7) is 14.1. The average Bonchev–Trinajstić information content (AvgIpc) is 3.41. The van der Waals surface area contributed by atoms with Crippen molar-refractivity contribution >= 4 is 29.4 Å². The summed E-state index contributed by atoms with van der Waals surface area (Å²) < 4.78 is 5.48. The predicted octanol–water partition coefficient (Wildman–Crippen LogP) is 5.63. The molecule has 3 aliphatic rings. The molecule has 7 nitrogen and oxygen atoms in total.